The molecule has 0 bridgehead atoms. The molecule has 6 nitrogen and oxygen atoms in total. The van der Waals surface area contributed by atoms with Crippen LogP contribution in [0.5, 0.6) is 5.75 Å². The predicted octanol–water partition coefficient (Wildman–Crippen LogP) is 5.19. The third kappa shape index (κ3) is 5.59. The summed E-state index contributed by atoms with van der Waals surface area (Å²) in [5.74, 6) is 0.158. The Morgan fingerprint density at radius 2 is 1.74 bits per heavy atom. The van der Waals surface area contributed by atoms with Gasteiger partial charge in [-0.25, -0.2) is 8.42 Å². The third-order valence-electron chi connectivity index (χ3n) is 5.91. The van der Waals surface area contributed by atoms with E-state index in [0.717, 1.165) is 49.0 Å². The highest BCUT2D eigenvalue weighted by Gasteiger charge is 2.28. The highest BCUT2D eigenvalue weighted by molar-refractivity contribution is 7.92. The number of carbonyl (C=O) groups excluding carboxylic acids is 1. The van der Waals surface area contributed by atoms with Crippen molar-refractivity contribution >= 4 is 27.3 Å². The summed E-state index contributed by atoms with van der Waals surface area (Å²) in [6.07, 6.45) is 4.98. The number of hydrogen-bond donors (Lipinski definition) is 1. The maximum absolute atomic E-state index is 13.2. The normalized spacial score (nSPS) is 13.3. The minimum atomic E-state index is -3.68. The molecule has 0 fully saturated rings. The van der Waals surface area contributed by atoms with Crippen LogP contribution in [0.2, 0.25) is 0 Å². The van der Waals surface area contributed by atoms with E-state index in [1.54, 1.807) is 12.1 Å². The molecular formula is C27H30N2O4S. The largest absolute Gasteiger partial charge is 0.484 e. The van der Waals surface area contributed by atoms with E-state index >= 15 is 0 Å². The van der Waals surface area contributed by atoms with Gasteiger partial charge in [-0.2, -0.15) is 0 Å². The van der Waals surface area contributed by atoms with Crippen molar-refractivity contribution in [1.82, 2.24) is 0 Å². The minimum absolute atomic E-state index is 0.164. The van der Waals surface area contributed by atoms with Crippen LogP contribution in [-0.2, 0) is 27.7 Å². The number of benzene rings is 3. The molecule has 0 saturated carbocycles. The number of amides is 1. The second-order valence-electron chi connectivity index (χ2n) is 8.42. The Morgan fingerprint density at radius 1 is 1.00 bits per heavy atom. The molecule has 0 aliphatic carbocycles. The molecule has 4 rings (SSSR count). The number of carbonyl (C=O) groups is 1. The van der Waals surface area contributed by atoms with E-state index in [9.17, 15) is 13.2 Å². The average molecular weight is 479 g/mol. The average Bonchev–Trinajstić information content (AvgIpc) is 2.87. The fraction of sp³-hybridized carbons (Fsp3) is 0.296. The van der Waals surface area contributed by atoms with Crippen LogP contribution in [0.25, 0.3) is 0 Å². The fourth-order valence-electron chi connectivity index (χ4n) is 4.07. The number of unbranched alkanes of at least 4 members (excludes halogenated alkanes) is 1. The molecule has 1 aliphatic rings. The summed E-state index contributed by atoms with van der Waals surface area (Å²) >= 11 is 0. The lowest BCUT2D eigenvalue weighted by Gasteiger charge is -2.30. The zero-order chi connectivity index (χ0) is 24.0. The number of rotatable bonds is 9. The Morgan fingerprint density at radius 3 is 2.47 bits per heavy atom. The number of sulfonamides is 1. The Kier molecular flexibility index (Phi) is 7.53. The highest BCUT2D eigenvalue weighted by atomic mass is 32.2. The number of para-hydroxylation sites is 1. The van der Waals surface area contributed by atoms with Gasteiger partial charge in [0.2, 0.25) is 0 Å². The molecule has 0 radical (unpaired) electrons. The first-order chi connectivity index (χ1) is 16.5. The zero-order valence-corrected chi connectivity index (χ0v) is 20.2. The lowest BCUT2D eigenvalue weighted by atomic mass is 10.0. The summed E-state index contributed by atoms with van der Waals surface area (Å²) in [6.45, 7) is 2.45. The molecule has 1 amide bonds. The Labute approximate surface area is 201 Å². The van der Waals surface area contributed by atoms with Crippen molar-refractivity contribution in [2.75, 3.05) is 22.8 Å². The molecule has 1 aliphatic heterocycles. The van der Waals surface area contributed by atoms with E-state index in [1.165, 1.54) is 22.0 Å². The number of nitrogens with zero attached hydrogens (tertiary/aromatic N) is 1. The van der Waals surface area contributed by atoms with E-state index in [-0.39, 0.29) is 17.4 Å². The first kappa shape index (κ1) is 23.8. The molecule has 0 saturated heterocycles. The molecule has 0 spiro atoms. The smallest absolute Gasteiger partial charge is 0.264 e. The fourth-order valence-corrected chi connectivity index (χ4v) is 5.61. The first-order valence-electron chi connectivity index (χ1n) is 11.7. The SMILES string of the molecule is CCCCc1ccc(NC(=O)COc2ccc(S(=O)(=O)N3CCCc4ccccc43)cc2)cc1. The minimum Gasteiger partial charge on any atom is -0.484 e. The van der Waals surface area contributed by atoms with Crippen molar-refractivity contribution in [2.24, 2.45) is 0 Å². The Balaban J connectivity index is 1.34. The first-order valence-corrected chi connectivity index (χ1v) is 13.1. The molecule has 0 aromatic heterocycles. The lowest BCUT2D eigenvalue weighted by molar-refractivity contribution is -0.118. The van der Waals surface area contributed by atoms with Crippen molar-refractivity contribution in [2.45, 2.75) is 43.9 Å². The van der Waals surface area contributed by atoms with E-state index < -0.39 is 10.0 Å². The molecule has 3 aromatic rings. The molecular weight excluding hydrogens is 448 g/mol. The summed E-state index contributed by atoms with van der Waals surface area (Å²) in [5, 5.41) is 2.82. The molecule has 34 heavy (non-hydrogen) atoms. The van der Waals surface area contributed by atoms with E-state index in [4.69, 9.17) is 4.74 Å². The molecule has 3 aromatic carbocycles. The topological polar surface area (TPSA) is 75.7 Å². The Bertz CT molecular complexity index is 1220. The van der Waals surface area contributed by atoms with Crippen molar-refractivity contribution in [3.8, 4) is 5.75 Å². The van der Waals surface area contributed by atoms with Gasteiger partial charge >= 0.3 is 0 Å². The van der Waals surface area contributed by atoms with E-state index in [2.05, 4.69) is 12.2 Å². The summed E-state index contributed by atoms with van der Waals surface area (Å²) in [6, 6.07) is 21.6. The van der Waals surface area contributed by atoms with Gasteiger partial charge in [0.05, 0.1) is 10.6 Å². The number of aryl methyl sites for hydroxylation is 2. The standard InChI is InChI=1S/C27H30N2O4S/c1-2-3-7-21-11-13-23(14-12-21)28-27(30)20-33-24-15-17-25(18-16-24)34(31,32)29-19-6-9-22-8-4-5-10-26(22)29/h4-5,8,10-18H,2-3,6-7,9,19-20H2,1H3,(H,28,30). The van der Waals surface area contributed by atoms with Crippen LogP contribution >= 0.6 is 0 Å². The van der Waals surface area contributed by atoms with Gasteiger partial charge in [-0.05, 0) is 79.3 Å². The Hall–Kier alpha value is -3.32. The van der Waals surface area contributed by atoms with Crippen molar-refractivity contribution in [3.63, 3.8) is 0 Å². The predicted molar refractivity (Wildman–Crippen MR) is 135 cm³/mol. The molecule has 0 atom stereocenters. The van der Waals surface area contributed by atoms with Gasteiger partial charge in [0.1, 0.15) is 5.75 Å². The quantitative estimate of drug-likeness (QED) is 0.459. The van der Waals surface area contributed by atoms with Gasteiger partial charge in [-0.15, -0.1) is 0 Å². The van der Waals surface area contributed by atoms with Crippen LogP contribution in [0.1, 0.15) is 37.3 Å². The van der Waals surface area contributed by atoms with Crippen LogP contribution in [0, 0.1) is 0 Å². The van der Waals surface area contributed by atoms with Gasteiger partial charge in [-0.3, -0.25) is 9.10 Å². The van der Waals surface area contributed by atoms with Gasteiger partial charge in [0, 0.05) is 12.2 Å². The van der Waals surface area contributed by atoms with Crippen molar-refractivity contribution in [1.29, 1.82) is 0 Å². The number of fused-ring (bicyclic) bond motifs is 1. The number of anilines is 2. The van der Waals surface area contributed by atoms with E-state index in [0.29, 0.717) is 12.3 Å². The summed E-state index contributed by atoms with van der Waals surface area (Å²) < 4.78 is 33.5. The van der Waals surface area contributed by atoms with Gasteiger partial charge < -0.3 is 10.1 Å². The van der Waals surface area contributed by atoms with Crippen LogP contribution in [0.3, 0.4) is 0 Å². The number of ether oxygens (including phenoxy) is 1. The van der Waals surface area contributed by atoms with Crippen LogP contribution in [-0.4, -0.2) is 27.5 Å². The van der Waals surface area contributed by atoms with Gasteiger partial charge in [0.25, 0.3) is 15.9 Å². The third-order valence-corrected chi connectivity index (χ3v) is 7.73. The maximum atomic E-state index is 13.2. The zero-order valence-electron chi connectivity index (χ0n) is 19.4. The van der Waals surface area contributed by atoms with Crippen LogP contribution in [0.15, 0.2) is 77.7 Å². The lowest BCUT2D eigenvalue weighted by Crippen LogP contribution is -2.35. The molecule has 178 valence electrons. The number of nitrogens with one attached hydrogen (secondary N) is 1. The summed E-state index contributed by atoms with van der Waals surface area (Å²) in [5.41, 5.74) is 3.75. The van der Waals surface area contributed by atoms with Crippen LogP contribution < -0.4 is 14.4 Å². The van der Waals surface area contributed by atoms with Crippen LogP contribution in [0.4, 0.5) is 11.4 Å². The molecule has 7 heteroatoms. The number of hydrogen-bond acceptors (Lipinski definition) is 4. The van der Waals surface area contributed by atoms with E-state index in [1.807, 2.05) is 48.5 Å². The highest BCUT2D eigenvalue weighted by Crippen LogP contribution is 2.32. The van der Waals surface area contributed by atoms with Gasteiger partial charge in [0.15, 0.2) is 6.61 Å². The monoisotopic (exact) mass is 478 g/mol. The summed E-state index contributed by atoms with van der Waals surface area (Å²) in [4.78, 5) is 12.5. The van der Waals surface area contributed by atoms with Gasteiger partial charge in [-0.1, -0.05) is 43.7 Å². The molecule has 1 heterocycles. The maximum Gasteiger partial charge on any atom is 0.264 e. The second kappa shape index (κ2) is 10.7. The molecule has 0 unspecified atom stereocenters. The second-order valence-corrected chi connectivity index (χ2v) is 10.3. The molecule has 1 N–H and O–H groups in total. The van der Waals surface area contributed by atoms with Crippen molar-refractivity contribution < 1.29 is 17.9 Å². The van der Waals surface area contributed by atoms with Crippen molar-refractivity contribution in [3.05, 3.63) is 83.9 Å². The summed E-state index contributed by atoms with van der Waals surface area (Å²) in [7, 11) is -3.68.